The van der Waals surface area contributed by atoms with Gasteiger partial charge in [-0.2, -0.15) is 0 Å². The van der Waals surface area contributed by atoms with Crippen LogP contribution in [-0.2, 0) is 17.8 Å². The number of rotatable bonds is 7. The number of carbonyl (C=O) groups excluding carboxylic acids is 1. The maximum atomic E-state index is 13.8. The molecule has 0 bridgehead atoms. The molecule has 1 saturated heterocycles. The van der Waals surface area contributed by atoms with Crippen LogP contribution in [0.5, 0.6) is 0 Å². The molecule has 1 N–H and O–H groups in total. The summed E-state index contributed by atoms with van der Waals surface area (Å²) in [5, 5.41) is 5.09. The largest absolute Gasteiger partial charge is 0.379 e. The van der Waals surface area contributed by atoms with Gasteiger partial charge in [-0.25, -0.2) is 4.79 Å². The van der Waals surface area contributed by atoms with Crippen molar-refractivity contribution in [2.45, 2.75) is 39.4 Å². The average molecular weight is 469 g/mol. The number of ether oxygens (including phenoxy) is 1. The summed E-state index contributed by atoms with van der Waals surface area (Å²) < 4.78 is 8.86. The van der Waals surface area contributed by atoms with Gasteiger partial charge in [-0.1, -0.05) is 36.4 Å². The van der Waals surface area contributed by atoms with E-state index in [1.54, 1.807) is 20.5 Å². The maximum Gasteiger partial charge on any atom is 0.329 e. The van der Waals surface area contributed by atoms with E-state index in [2.05, 4.69) is 10.2 Å². The molecule has 1 aromatic carbocycles. The van der Waals surface area contributed by atoms with Crippen LogP contribution in [0.1, 0.15) is 36.1 Å². The van der Waals surface area contributed by atoms with E-state index in [0.29, 0.717) is 44.2 Å². The predicted octanol–water partition coefficient (Wildman–Crippen LogP) is 3.29. The van der Waals surface area contributed by atoms with E-state index in [0.717, 1.165) is 23.5 Å². The molecule has 7 nitrogen and oxygen atoms in total. The van der Waals surface area contributed by atoms with E-state index in [4.69, 9.17) is 4.74 Å². The molecule has 0 saturated carbocycles. The number of hydrogen-bond acceptors (Lipinski definition) is 5. The first-order chi connectivity index (χ1) is 15.8. The minimum atomic E-state index is -0.425. The van der Waals surface area contributed by atoms with E-state index in [9.17, 15) is 9.59 Å². The number of nitrogens with one attached hydrogen (secondary N) is 1. The van der Waals surface area contributed by atoms with Crippen molar-refractivity contribution in [2.24, 2.45) is 0 Å². The van der Waals surface area contributed by atoms with Crippen LogP contribution in [0.25, 0.3) is 11.3 Å². The van der Waals surface area contributed by atoms with Crippen molar-refractivity contribution in [1.82, 2.24) is 19.4 Å². The number of carbonyl (C=O) groups is 1. The van der Waals surface area contributed by atoms with E-state index in [1.165, 1.54) is 0 Å². The van der Waals surface area contributed by atoms with Crippen LogP contribution in [-0.4, -0.2) is 58.3 Å². The Labute approximate surface area is 198 Å². The second kappa shape index (κ2) is 10.1. The highest BCUT2D eigenvalue weighted by Crippen LogP contribution is 2.26. The Hall–Kier alpha value is -2.68. The smallest absolute Gasteiger partial charge is 0.329 e. The van der Waals surface area contributed by atoms with Gasteiger partial charge in [-0.15, -0.1) is 11.3 Å². The number of thiophene rings is 1. The van der Waals surface area contributed by atoms with Crippen LogP contribution >= 0.6 is 11.3 Å². The zero-order valence-corrected chi connectivity index (χ0v) is 20.4. The van der Waals surface area contributed by atoms with Crippen molar-refractivity contribution in [3.8, 4) is 11.3 Å². The zero-order chi connectivity index (χ0) is 23.4. The first kappa shape index (κ1) is 23.5. The van der Waals surface area contributed by atoms with Crippen molar-refractivity contribution >= 4 is 17.2 Å². The van der Waals surface area contributed by atoms with Crippen molar-refractivity contribution in [3.63, 3.8) is 0 Å². The summed E-state index contributed by atoms with van der Waals surface area (Å²) >= 11 is 1.61. The topological polar surface area (TPSA) is 68.5 Å². The molecule has 1 amide bonds. The highest BCUT2D eigenvalue weighted by atomic mass is 32.1. The second-order valence-electron chi connectivity index (χ2n) is 9.32. The van der Waals surface area contributed by atoms with Gasteiger partial charge in [-0.05, 0) is 32.2 Å². The first-order valence-corrected chi connectivity index (χ1v) is 12.3. The van der Waals surface area contributed by atoms with Crippen molar-refractivity contribution in [2.75, 3.05) is 32.8 Å². The molecule has 4 rings (SSSR count). The van der Waals surface area contributed by atoms with Crippen LogP contribution in [0, 0.1) is 0 Å². The van der Waals surface area contributed by atoms with E-state index in [1.807, 2.05) is 68.6 Å². The van der Waals surface area contributed by atoms with Gasteiger partial charge in [0.2, 0.25) is 0 Å². The Kier molecular flexibility index (Phi) is 7.17. The van der Waals surface area contributed by atoms with Crippen molar-refractivity contribution in [3.05, 3.63) is 68.9 Å². The third kappa shape index (κ3) is 5.63. The lowest BCUT2D eigenvalue weighted by Crippen LogP contribution is -2.43. The third-order valence-corrected chi connectivity index (χ3v) is 6.48. The lowest BCUT2D eigenvalue weighted by atomic mass is 10.1. The number of imidazole rings is 1. The molecule has 0 aliphatic carbocycles. The van der Waals surface area contributed by atoms with Gasteiger partial charge in [0, 0.05) is 42.2 Å². The number of nitrogens with zero attached hydrogens (tertiary/aromatic N) is 3. The summed E-state index contributed by atoms with van der Waals surface area (Å²) in [5.41, 5.74) is 1.36. The van der Waals surface area contributed by atoms with Gasteiger partial charge in [0.15, 0.2) is 0 Å². The SMILES string of the molecule is CC(C)(C)NC(=O)c1c(-c2ccccc2)n(Cc2cccs2)c(=O)n1CCN1CCOCC1. The maximum absolute atomic E-state index is 13.8. The van der Waals surface area contributed by atoms with Gasteiger partial charge in [0.25, 0.3) is 5.91 Å². The number of morpholine rings is 1. The van der Waals surface area contributed by atoms with Crippen LogP contribution in [0.3, 0.4) is 0 Å². The Morgan fingerprint density at radius 3 is 2.39 bits per heavy atom. The molecule has 8 heteroatoms. The minimum Gasteiger partial charge on any atom is -0.379 e. The van der Waals surface area contributed by atoms with Gasteiger partial charge in [-0.3, -0.25) is 18.8 Å². The van der Waals surface area contributed by atoms with Crippen molar-refractivity contribution in [1.29, 1.82) is 0 Å². The molecule has 1 aliphatic heterocycles. The zero-order valence-electron chi connectivity index (χ0n) is 19.5. The molecule has 176 valence electrons. The first-order valence-electron chi connectivity index (χ1n) is 11.4. The molecule has 33 heavy (non-hydrogen) atoms. The molecule has 3 heterocycles. The average Bonchev–Trinajstić information content (AvgIpc) is 3.39. The Balaban J connectivity index is 1.83. The minimum absolute atomic E-state index is 0.158. The van der Waals surface area contributed by atoms with Crippen LogP contribution < -0.4 is 11.0 Å². The quantitative estimate of drug-likeness (QED) is 0.578. The molecule has 0 radical (unpaired) electrons. The second-order valence-corrected chi connectivity index (χ2v) is 10.4. The Bertz CT molecular complexity index is 1120. The summed E-state index contributed by atoms with van der Waals surface area (Å²) in [5.74, 6) is -0.231. The van der Waals surface area contributed by atoms with Crippen LogP contribution in [0.15, 0.2) is 52.6 Å². The summed E-state index contributed by atoms with van der Waals surface area (Å²) in [6.45, 7) is 10.5. The molecule has 1 fully saturated rings. The summed E-state index contributed by atoms with van der Waals surface area (Å²) in [6.07, 6.45) is 0. The molecule has 0 atom stereocenters. The molecule has 0 spiro atoms. The summed E-state index contributed by atoms with van der Waals surface area (Å²) in [6, 6.07) is 13.7. The van der Waals surface area contributed by atoms with Crippen molar-refractivity contribution < 1.29 is 9.53 Å². The fourth-order valence-electron chi connectivity index (χ4n) is 4.09. The van der Waals surface area contributed by atoms with Gasteiger partial charge in [0.1, 0.15) is 5.69 Å². The molecular weight excluding hydrogens is 436 g/mol. The normalized spacial score (nSPS) is 15.0. The number of benzene rings is 1. The fourth-order valence-corrected chi connectivity index (χ4v) is 4.78. The number of aromatic nitrogens is 2. The van der Waals surface area contributed by atoms with Gasteiger partial charge < -0.3 is 10.1 Å². The summed E-state index contributed by atoms with van der Waals surface area (Å²) in [7, 11) is 0. The lowest BCUT2D eigenvalue weighted by Gasteiger charge is -2.27. The standard InChI is InChI=1S/C25H32N4O3S/c1-25(2,3)26-23(30)22-21(19-8-5-4-6-9-19)29(18-20-10-7-17-33-20)24(31)28(22)12-11-27-13-15-32-16-14-27/h4-10,17H,11-16,18H2,1-3H3,(H,26,30). The van der Waals surface area contributed by atoms with Crippen LogP contribution in [0.2, 0.25) is 0 Å². The Morgan fingerprint density at radius 2 is 1.76 bits per heavy atom. The van der Waals surface area contributed by atoms with E-state index < -0.39 is 5.54 Å². The molecule has 1 aliphatic rings. The monoisotopic (exact) mass is 468 g/mol. The van der Waals surface area contributed by atoms with E-state index >= 15 is 0 Å². The number of hydrogen-bond donors (Lipinski definition) is 1. The van der Waals surface area contributed by atoms with E-state index in [-0.39, 0.29) is 11.6 Å². The molecule has 0 unspecified atom stereocenters. The van der Waals surface area contributed by atoms with Gasteiger partial charge in [0.05, 0.1) is 25.5 Å². The fraction of sp³-hybridized carbons (Fsp3) is 0.440. The molecule has 3 aromatic rings. The molecular formula is C25H32N4O3S. The lowest BCUT2D eigenvalue weighted by molar-refractivity contribution is 0.0361. The third-order valence-electron chi connectivity index (χ3n) is 5.61. The summed E-state index contributed by atoms with van der Waals surface area (Å²) in [4.78, 5) is 30.7. The molecule has 2 aromatic heterocycles. The highest BCUT2D eigenvalue weighted by molar-refractivity contribution is 7.09. The predicted molar refractivity (Wildman–Crippen MR) is 132 cm³/mol. The Morgan fingerprint density at radius 1 is 1.03 bits per heavy atom. The highest BCUT2D eigenvalue weighted by Gasteiger charge is 2.29. The van der Waals surface area contributed by atoms with Crippen LogP contribution in [0.4, 0.5) is 0 Å². The number of amides is 1. The van der Waals surface area contributed by atoms with Gasteiger partial charge >= 0.3 is 5.69 Å².